The molecule has 0 spiro atoms. The summed E-state index contributed by atoms with van der Waals surface area (Å²) in [4.78, 5) is 10.9. The fourth-order valence-electron chi connectivity index (χ4n) is 1.38. The number of carbonyl (C=O) groups is 1. The van der Waals surface area contributed by atoms with E-state index in [0.29, 0.717) is 17.9 Å². The van der Waals surface area contributed by atoms with Crippen molar-refractivity contribution in [3.63, 3.8) is 0 Å². The zero-order valence-electron chi connectivity index (χ0n) is 9.08. The van der Waals surface area contributed by atoms with E-state index >= 15 is 0 Å². The molecule has 0 aromatic heterocycles. The molecule has 15 heavy (non-hydrogen) atoms. The molecule has 1 aliphatic carbocycles. The van der Waals surface area contributed by atoms with Gasteiger partial charge in [0.05, 0.1) is 7.11 Å². The van der Waals surface area contributed by atoms with E-state index in [0.717, 1.165) is 19.3 Å². The third kappa shape index (κ3) is 3.79. The lowest BCUT2D eigenvalue weighted by Gasteiger charge is -2.19. The largest absolute Gasteiger partial charge is 0.513 e. The molecule has 86 valence electrons. The highest BCUT2D eigenvalue weighted by Gasteiger charge is 2.18. The molecule has 0 atom stereocenters. The van der Waals surface area contributed by atoms with Crippen LogP contribution in [0.3, 0.4) is 0 Å². The molecule has 0 amide bonds. The smallest absolute Gasteiger partial charge is 0.468 e. The van der Waals surface area contributed by atoms with Crippen LogP contribution in [0.1, 0.15) is 25.7 Å². The first kappa shape index (κ1) is 11.8. The molecule has 0 aromatic rings. The monoisotopic (exact) mass is 216 g/mol. The topological polar surface area (TPSA) is 54.0 Å². The number of rotatable bonds is 4. The Kier molecular flexibility index (Phi) is 4.97. The van der Waals surface area contributed by atoms with Gasteiger partial charge in [-0.3, -0.25) is 0 Å². The van der Waals surface area contributed by atoms with Gasteiger partial charge in [0.15, 0.2) is 6.79 Å². The van der Waals surface area contributed by atoms with Crippen molar-refractivity contribution in [2.45, 2.75) is 25.7 Å². The average molecular weight is 216 g/mol. The fourth-order valence-corrected chi connectivity index (χ4v) is 1.38. The number of methoxy groups -OCH3 is 2. The van der Waals surface area contributed by atoms with Crippen LogP contribution in [-0.4, -0.2) is 27.2 Å². The Morgan fingerprint density at radius 3 is 2.47 bits per heavy atom. The third-order valence-electron chi connectivity index (χ3n) is 2.09. The Morgan fingerprint density at radius 2 is 1.87 bits per heavy atom. The molecule has 0 unspecified atom stereocenters. The zero-order valence-corrected chi connectivity index (χ0v) is 9.08. The van der Waals surface area contributed by atoms with Crippen molar-refractivity contribution in [2.75, 3.05) is 21.0 Å². The van der Waals surface area contributed by atoms with Crippen LogP contribution in [0.2, 0.25) is 0 Å². The summed E-state index contributed by atoms with van der Waals surface area (Å²) in [5.74, 6) is 1.25. The first-order chi connectivity index (χ1) is 7.27. The maximum atomic E-state index is 10.9. The number of ether oxygens (including phenoxy) is 4. The second kappa shape index (κ2) is 6.29. The summed E-state index contributed by atoms with van der Waals surface area (Å²) in [5.41, 5.74) is 0. The summed E-state index contributed by atoms with van der Waals surface area (Å²) in [5, 5.41) is 0. The van der Waals surface area contributed by atoms with Gasteiger partial charge in [0.1, 0.15) is 11.5 Å². The standard InChI is InChI=1S/C10H16O5/c1-12-7-14-8-5-3-4-6-9(8)15-10(11)13-2/h3-7H2,1-2H3. The van der Waals surface area contributed by atoms with Gasteiger partial charge in [0.25, 0.3) is 0 Å². The van der Waals surface area contributed by atoms with Gasteiger partial charge in [0, 0.05) is 20.0 Å². The predicted octanol–water partition coefficient (Wildman–Crippen LogP) is 2.18. The molecule has 1 aliphatic rings. The van der Waals surface area contributed by atoms with Crippen molar-refractivity contribution >= 4 is 6.16 Å². The molecule has 0 heterocycles. The van der Waals surface area contributed by atoms with Gasteiger partial charge in [-0.2, -0.15) is 0 Å². The van der Waals surface area contributed by atoms with E-state index < -0.39 is 6.16 Å². The minimum Gasteiger partial charge on any atom is -0.468 e. The van der Waals surface area contributed by atoms with Crippen LogP contribution in [0.5, 0.6) is 0 Å². The van der Waals surface area contributed by atoms with Crippen molar-refractivity contribution in [2.24, 2.45) is 0 Å². The second-order valence-corrected chi connectivity index (χ2v) is 3.16. The first-order valence-corrected chi connectivity index (χ1v) is 4.87. The lowest BCUT2D eigenvalue weighted by molar-refractivity contribution is -0.00771. The number of hydrogen-bond donors (Lipinski definition) is 0. The Labute approximate surface area is 88.9 Å². The van der Waals surface area contributed by atoms with Gasteiger partial charge in [-0.05, 0) is 12.8 Å². The molecule has 0 aliphatic heterocycles. The lowest BCUT2D eigenvalue weighted by Crippen LogP contribution is -2.12. The quantitative estimate of drug-likeness (QED) is 0.532. The van der Waals surface area contributed by atoms with E-state index in [9.17, 15) is 4.79 Å². The molecule has 0 saturated carbocycles. The minimum absolute atomic E-state index is 0.170. The summed E-state index contributed by atoms with van der Waals surface area (Å²) in [6.07, 6.45) is 2.80. The van der Waals surface area contributed by atoms with Crippen molar-refractivity contribution in [1.29, 1.82) is 0 Å². The molecule has 0 saturated heterocycles. The van der Waals surface area contributed by atoms with E-state index in [4.69, 9.17) is 14.2 Å². The second-order valence-electron chi connectivity index (χ2n) is 3.16. The number of hydrogen-bond acceptors (Lipinski definition) is 5. The van der Waals surface area contributed by atoms with Gasteiger partial charge < -0.3 is 18.9 Å². The van der Waals surface area contributed by atoms with Gasteiger partial charge in [-0.15, -0.1) is 0 Å². The molecule has 0 bridgehead atoms. The van der Waals surface area contributed by atoms with Crippen molar-refractivity contribution < 1.29 is 23.7 Å². The molecule has 0 N–H and O–H groups in total. The number of carbonyl (C=O) groups excluding carboxylic acids is 1. The third-order valence-corrected chi connectivity index (χ3v) is 2.09. The highest BCUT2D eigenvalue weighted by Crippen LogP contribution is 2.26. The van der Waals surface area contributed by atoms with Gasteiger partial charge in [-0.1, -0.05) is 0 Å². The van der Waals surface area contributed by atoms with E-state index in [1.807, 2.05) is 0 Å². The maximum absolute atomic E-state index is 10.9. The van der Waals surface area contributed by atoms with Gasteiger partial charge in [-0.25, -0.2) is 4.79 Å². The van der Waals surface area contributed by atoms with E-state index in [1.165, 1.54) is 7.11 Å². The molecule has 0 radical (unpaired) electrons. The van der Waals surface area contributed by atoms with E-state index in [-0.39, 0.29) is 6.79 Å². The minimum atomic E-state index is -0.703. The van der Waals surface area contributed by atoms with E-state index in [2.05, 4.69) is 4.74 Å². The highest BCUT2D eigenvalue weighted by atomic mass is 16.7. The van der Waals surface area contributed by atoms with Crippen LogP contribution >= 0.6 is 0 Å². The van der Waals surface area contributed by atoms with Crippen LogP contribution in [-0.2, 0) is 18.9 Å². The molecular weight excluding hydrogens is 200 g/mol. The van der Waals surface area contributed by atoms with Crippen molar-refractivity contribution in [1.82, 2.24) is 0 Å². The first-order valence-electron chi connectivity index (χ1n) is 4.87. The molecule has 5 heteroatoms. The van der Waals surface area contributed by atoms with E-state index in [1.54, 1.807) is 7.11 Å². The van der Waals surface area contributed by atoms with Crippen LogP contribution in [0, 0.1) is 0 Å². The molecule has 0 aromatic carbocycles. The zero-order chi connectivity index (χ0) is 11.1. The lowest BCUT2D eigenvalue weighted by atomic mass is 10.0. The normalized spacial score (nSPS) is 16.1. The van der Waals surface area contributed by atoms with Gasteiger partial charge in [0.2, 0.25) is 0 Å². The Bertz CT molecular complexity index is 246. The fraction of sp³-hybridized carbons (Fsp3) is 0.700. The Balaban J connectivity index is 2.58. The summed E-state index contributed by atoms with van der Waals surface area (Å²) >= 11 is 0. The summed E-state index contributed by atoms with van der Waals surface area (Å²) in [6, 6.07) is 0. The molecule has 0 fully saturated rings. The highest BCUT2D eigenvalue weighted by molar-refractivity contribution is 5.61. The predicted molar refractivity (Wildman–Crippen MR) is 51.9 cm³/mol. The summed E-state index contributed by atoms with van der Waals surface area (Å²) in [7, 11) is 2.83. The van der Waals surface area contributed by atoms with Crippen LogP contribution < -0.4 is 0 Å². The van der Waals surface area contributed by atoms with Crippen molar-refractivity contribution in [3.8, 4) is 0 Å². The molecule has 1 rings (SSSR count). The summed E-state index contributed by atoms with van der Waals surface area (Å²) in [6.45, 7) is 0.170. The SMILES string of the molecule is COCOC1=C(OC(=O)OC)CCCC1. The van der Waals surface area contributed by atoms with Gasteiger partial charge >= 0.3 is 6.16 Å². The van der Waals surface area contributed by atoms with Crippen LogP contribution in [0.4, 0.5) is 4.79 Å². The molecular formula is C10H16O5. The maximum Gasteiger partial charge on any atom is 0.513 e. The Hall–Kier alpha value is -1.23. The van der Waals surface area contributed by atoms with Crippen LogP contribution in [0.25, 0.3) is 0 Å². The van der Waals surface area contributed by atoms with Crippen molar-refractivity contribution in [3.05, 3.63) is 11.5 Å². The average Bonchev–Trinajstić information content (AvgIpc) is 2.28. The summed E-state index contributed by atoms with van der Waals surface area (Å²) < 4.78 is 19.5. The number of allylic oxidation sites excluding steroid dienone is 2. The van der Waals surface area contributed by atoms with Crippen LogP contribution in [0.15, 0.2) is 11.5 Å². The molecule has 5 nitrogen and oxygen atoms in total. The Morgan fingerprint density at radius 1 is 1.20 bits per heavy atom.